The molecule has 1 saturated carbocycles. The molecule has 2 aromatic rings. The number of benzene rings is 2. The Hall–Kier alpha value is -2.44. The monoisotopic (exact) mass is 450 g/mol. The predicted molar refractivity (Wildman–Crippen MR) is 116 cm³/mol. The molecule has 0 radical (unpaired) electrons. The van der Waals surface area contributed by atoms with Gasteiger partial charge in [0.05, 0.1) is 0 Å². The van der Waals surface area contributed by atoms with Crippen LogP contribution in [0.1, 0.15) is 25.7 Å². The number of hydrogen-bond donors (Lipinski definition) is 2. The second-order valence-electron chi connectivity index (χ2n) is 7.17. The summed E-state index contributed by atoms with van der Waals surface area (Å²) in [5.41, 5.74) is 0. The standard InChI is InChI=1S/C22H24Cl2N2O4/c23-15-1-9-19(10-2-15)29-13-21(27)25-17-5-7-18(8-6-17)26-22(28)14-30-20-11-3-16(24)4-12-20/h1-4,9-12,17-18H,5-8,13-14H2,(H,25,27)(H,26,28). The smallest absolute Gasteiger partial charge is 0.258 e. The maximum atomic E-state index is 12.1. The Morgan fingerprint density at radius 1 is 0.700 bits per heavy atom. The number of ether oxygens (including phenoxy) is 2. The van der Waals surface area contributed by atoms with E-state index in [4.69, 9.17) is 32.7 Å². The molecule has 6 nitrogen and oxygen atoms in total. The van der Waals surface area contributed by atoms with Crippen LogP contribution in [0.25, 0.3) is 0 Å². The van der Waals surface area contributed by atoms with Gasteiger partial charge in [0.25, 0.3) is 11.8 Å². The third-order valence-corrected chi connectivity index (χ3v) is 5.33. The van der Waals surface area contributed by atoms with Crippen molar-refractivity contribution in [1.29, 1.82) is 0 Å². The van der Waals surface area contributed by atoms with Crippen LogP contribution in [0, 0.1) is 0 Å². The number of carbonyl (C=O) groups is 2. The van der Waals surface area contributed by atoms with E-state index in [1.165, 1.54) is 0 Å². The molecule has 0 saturated heterocycles. The summed E-state index contributed by atoms with van der Waals surface area (Å²) >= 11 is 11.6. The number of halogens is 2. The first kappa shape index (κ1) is 22.2. The number of rotatable bonds is 8. The lowest BCUT2D eigenvalue weighted by atomic mass is 9.91. The zero-order chi connectivity index (χ0) is 21.3. The van der Waals surface area contributed by atoms with Crippen LogP contribution in [-0.2, 0) is 9.59 Å². The van der Waals surface area contributed by atoms with Gasteiger partial charge in [-0.25, -0.2) is 0 Å². The van der Waals surface area contributed by atoms with Crippen molar-refractivity contribution in [3.05, 3.63) is 58.6 Å². The Balaban J connectivity index is 1.31. The fourth-order valence-electron chi connectivity index (χ4n) is 3.28. The lowest BCUT2D eigenvalue weighted by Crippen LogP contribution is -2.45. The molecule has 30 heavy (non-hydrogen) atoms. The van der Waals surface area contributed by atoms with Gasteiger partial charge in [-0.3, -0.25) is 9.59 Å². The van der Waals surface area contributed by atoms with Crippen LogP contribution < -0.4 is 20.1 Å². The summed E-state index contributed by atoms with van der Waals surface area (Å²) in [6.07, 6.45) is 3.21. The largest absolute Gasteiger partial charge is 0.484 e. The van der Waals surface area contributed by atoms with Crippen LogP contribution >= 0.6 is 23.2 Å². The van der Waals surface area contributed by atoms with Crippen molar-refractivity contribution in [1.82, 2.24) is 10.6 Å². The molecule has 8 heteroatoms. The van der Waals surface area contributed by atoms with Crippen LogP contribution in [0.4, 0.5) is 0 Å². The van der Waals surface area contributed by atoms with Crippen molar-refractivity contribution in [2.75, 3.05) is 13.2 Å². The minimum Gasteiger partial charge on any atom is -0.484 e. The highest BCUT2D eigenvalue weighted by Crippen LogP contribution is 2.20. The van der Waals surface area contributed by atoms with Gasteiger partial charge in [-0.05, 0) is 74.2 Å². The average molecular weight is 451 g/mol. The van der Waals surface area contributed by atoms with Gasteiger partial charge >= 0.3 is 0 Å². The molecule has 3 rings (SSSR count). The van der Waals surface area contributed by atoms with Crippen molar-refractivity contribution in [3.8, 4) is 11.5 Å². The fraction of sp³-hybridized carbons (Fsp3) is 0.364. The quantitative estimate of drug-likeness (QED) is 0.637. The maximum Gasteiger partial charge on any atom is 0.258 e. The van der Waals surface area contributed by atoms with Gasteiger partial charge in [-0.1, -0.05) is 23.2 Å². The van der Waals surface area contributed by atoms with Crippen LogP contribution in [0.2, 0.25) is 10.0 Å². The van der Waals surface area contributed by atoms with E-state index in [2.05, 4.69) is 10.6 Å². The summed E-state index contributed by atoms with van der Waals surface area (Å²) < 4.78 is 10.9. The van der Waals surface area contributed by atoms with Crippen molar-refractivity contribution in [3.63, 3.8) is 0 Å². The Morgan fingerprint density at radius 2 is 1.03 bits per heavy atom. The van der Waals surface area contributed by atoms with Gasteiger partial charge in [0.2, 0.25) is 0 Å². The minimum atomic E-state index is -0.159. The molecule has 0 aliphatic heterocycles. The summed E-state index contributed by atoms with van der Waals surface area (Å²) in [6.45, 7) is -0.0827. The van der Waals surface area contributed by atoms with Gasteiger partial charge in [-0.2, -0.15) is 0 Å². The molecule has 0 heterocycles. The molecule has 0 aromatic heterocycles. The SMILES string of the molecule is O=C(COc1ccc(Cl)cc1)NC1CCC(NC(=O)COc2ccc(Cl)cc2)CC1. The molecule has 2 amide bonds. The lowest BCUT2D eigenvalue weighted by molar-refractivity contribution is -0.125. The summed E-state index contributed by atoms with van der Waals surface area (Å²) in [4.78, 5) is 24.2. The van der Waals surface area contributed by atoms with E-state index < -0.39 is 0 Å². The third kappa shape index (κ3) is 7.43. The Bertz CT molecular complexity index is 764. The lowest BCUT2D eigenvalue weighted by Gasteiger charge is -2.29. The van der Waals surface area contributed by atoms with Crippen LogP contribution in [0.3, 0.4) is 0 Å². The normalized spacial score (nSPS) is 18.3. The van der Waals surface area contributed by atoms with Crippen molar-refractivity contribution >= 4 is 35.0 Å². The van der Waals surface area contributed by atoms with Crippen LogP contribution in [0.5, 0.6) is 11.5 Å². The Morgan fingerprint density at radius 3 is 1.37 bits per heavy atom. The van der Waals surface area contributed by atoms with E-state index in [-0.39, 0.29) is 37.1 Å². The number of amides is 2. The topological polar surface area (TPSA) is 76.7 Å². The zero-order valence-corrected chi connectivity index (χ0v) is 17.9. The highest BCUT2D eigenvalue weighted by Gasteiger charge is 2.23. The average Bonchev–Trinajstić information content (AvgIpc) is 2.74. The fourth-order valence-corrected chi connectivity index (χ4v) is 3.53. The van der Waals surface area contributed by atoms with Crippen molar-refractivity contribution in [2.24, 2.45) is 0 Å². The molecule has 0 bridgehead atoms. The first-order chi connectivity index (χ1) is 14.5. The third-order valence-electron chi connectivity index (χ3n) is 4.82. The summed E-state index contributed by atoms with van der Waals surface area (Å²) in [7, 11) is 0. The van der Waals surface area contributed by atoms with E-state index >= 15 is 0 Å². The first-order valence-electron chi connectivity index (χ1n) is 9.83. The maximum absolute atomic E-state index is 12.1. The minimum absolute atomic E-state index is 0.0413. The summed E-state index contributed by atoms with van der Waals surface area (Å²) in [5, 5.41) is 7.21. The molecular formula is C22H24Cl2N2O4. The molecular weight excluding hydrogens is 427 g/mol. The molecule has 2 N–H and O–H groups in total. The molecule has 1 aliphatic rings. The molecule has 0 unspecified atom stereocenters. The molecule has 0 spiro atoms. The van der Waals surface area contributed by atoms with Crippen molar-refractivity contribution in [2.45, 2.75) is 37.8 Å². The predicted octanol–water partition coefficient (Wildman–Crippen LogP) is 3.99. The van der Waals surface area contributed by atoms with Gasteiger partial charge in [0.1, 0.15) is 11.5 Å². The summed E-state index contributed by atoms with van der Waals surface area (Å²) in [5.74, 6) is 0.881. The van der Waals surface area contributed by atoms with Gasteiger partial charge < -0.3 is 20.1 Å². The second kappa shape index (κ2) is 11.1. The number of nitrogens with one attached hydrogen (secondary N) is 2. The first-order valence-corrected chi connectivity index (χ1v) is 10.6. The van der Waals surface area contributed by atoms with Gasteiger partial charge in [0, 0.05) is 22.1 Å². The highest BCUT2D eigenvalue weighted by molar-refractivity contribution is 6.30. The molecule has 160 valence electrons. The van der Waals surface area contributed by atoms with Gasteiger partial charge in [-0.15, -0.1) is 0 Å². The molecule has 1 fully saturated rings. The highest BCUT2D eigenvalue weighted by atomic mass is 35.5. The second-order valence-corrected chi connectivity index (χ2v) is 8.04. The molecule has 1 aliphatic carbocycles. The van der Waals surface area contributed by atoms with E-state index in [1.54, 1.807) is 48.5 Å². The van der Waals surface area contributed by atoms with Gasteiger partial charge in [0.15, 0.2) is 13.2 Å². The Labute approximate surface area is 185 Å². The van der Waals surface area contributed by atoms with Crippen LogP contribution in [0.15, 0.2) is 48.5 Å². The van der Waals surface area contributed by atoms with Crippen molar-refractivity contribution < 1.29 is 19.1 Å². The van der Waals surface area contributed by atoms with E-state index in [0.717, 1.165) is 25.7 Å². The van der Waals surface area contributed by atoms with E-state index in [9.17, 15) is 9.59 Å². The number of carbonyl (C=O) groups excluding carboxylic acids is 2. The Kier molecular flexibility index (Phi) is 8.22. The number of hydrogen-bond acceptors (Lipinski definition) is 4. The van der Waals surface area contributed by atoms with E-state index in [1.807, 2.05) is 0 Å². The molecule has 0 atom stereocenters. The van der Waals surface area contributed by atoms with Crippen LogP contribution in [-0.4, -0.2) is 37.1 Å². The summed E-state index contributed by atoms with van der Waals surface area (Å²) in [6, 6.07) is 13.9. The van der Waals surface area contributed by atoms with E-state index in [0.29, 0.717) is 21.5 Å². The molecule has 2 aromatic carbocycles. The zero-order valence-electron chi connectivity index (χ0n) is 16.4.